The predicted molar refractivity (Wildman–Crippen MR) is 83.5 cm³/mol. The van der Waals surface area contributed by atoms with Gasteiger partial charge in [0.1, 0.15) is 0 Å². The number of likely N-dealkylation sites (tertiary alicyclic amines) is 1. The van der Waals surface area contributed by atoms with Crippen LogP contribution >= 0.6 is 0 Å². The van der Waals surface area contributed by atoms with E-state index in [1.807, 2.05) is 0 Å². The molecule has 2 fully saturated rings. The molecule has 2 nitrogen and oxygen atoms in total. The highest BCUT2D eigenvalue weighted by Gasteiger charge is 2.33. The van der Waals surface area contributed by atoms with Crippen LogP contribution in [0.1, 0.15) is 66.2 Å². The molecule has 1 saturated carbocycles. The molecule has 0 aromatic rings. The zero-order valence-corrected chi connectivity index (χ0v) is 13.6. The van der Waals surface area contributed by atoms with E-state index in [-0.39, 0.29) is 0 Å². The van der Waals surface area contributed by atoms with Gasteiger partial charge in [-0.05, 0) is 56.0 Å². The fourth-order valence-corrected chi connectivity index (χ4v) is 3.12. The van der Waals surface area contributed by atoms with Gasteiger partial charge >= 0.3 is 0 Å². The maximum Gasteiger partial charge on any atom is 0.00684 e. The van der Waals surface area contributed by atoms with Crippen molar-refractivity contribution >= 4 is 0 Å². The molecule has 0 radical (unpaired) electrons. The molecular formula is C17H34N2. The van der Waals surface area contributed by atoms with Crippen LogP contribution in [-0.4, -0.2) is 37.1 Å². The van der Waals surface area contributed by atoms with Crippen molar-refractivity contribution in [1.29, 1.82) is 0 Å². The summed E-state index contributed by atoms with van der Waals surface area (Å²) in [4.78, 5) is 2.72. The molecule has 0 aromatic heterocycles. The Kier molecular flexibility index (Phi) is 4.94. The Bertz CT molecular complexity index is 277. The third kappa shape index (κ3) is 4.46. The van der Waals surface area contributed by atoms with Crippen LogP contribution in [0, 0.1) is 10.8 Å². The smallest absolute Gasteiger partial charge is 0.00684 e. The fraction of sp³-hybridized carbons (Fsp3) is 1.00. The zero-order valence-electron chi connectivity index (χ0n) is 13.6. The summed E-state index contributed by atoms with van der Waals surface area (Å²) in [5, 5.41) is 3.74. The van der Waals surface area contributed by atoms with Crippen molar-refractivity contribution in [3.8, 4) is 0 Å². The van der Waals surface area contributed by atoms with E-state index in [4.69, 9.17) is 0 Å². The summed E-state index contributed by atoms with van der Waals surface area (Å²) in [5.74, 6) is 0. The summed E-state index contributed by atoms with van der Waals surface area (Å²) in [5.41, 5.74) is 1.08. The first-order valence-corrected chi connectivity index (χ1v) is 8.44. The minimum atomic E-state index is 0.461. The van der Waals surface area contributed by atoms with Gasteiger partial charge in [-0.25, -0.2) is 0 Å². The second-order valence-electron chi connectivity index (χ2n) is 7.76. The standard InChI is InChI=1S/C17H34N2/c1-5-16(3)9-11-19(12-10-16)14-17(4,6-2)13-18-15-7-8-15/h15,18H,5-14H2,1-4H3. The Balaban J connectivity index is 1.78. The molecule has 1 N–H and O–H groups in total. The van der Waals surface area contributed by atoms with Gasteiger partial charge in [-0.3, -0.25) is 0 Å². The lowest BCUT2D eigenvalue weighted by molar-refractivity contribution is 0.0751. The highest BCUT2D eigenvalue weighted by atomic mass is 15.1. The average Bonchev–Trinajstić information content (AvgIpc) is 3.24. The average molecular weight is 266 g/mol. The van der Waals surface area contributed by atoms with Crippen molar-refractivity contribution in [2.45, 2.75) is 72.3 Å². The van der Waals surface area contributed by atoms with Crippen LogP contribution in [-0.2, 0) is 0 Å². The second kappa shape index (κ2) is 6.13. The summed E-state index contributed by atoms with van der Waals surface area (Å²) in [6.07, 6.45) is 8.21. The van der Waals surface area contributed by atoms with E-state index in [0.29, 0.717) is 10.8 Å². The Labute approximate surface area is 120 Å². The number of rotatable bonds is 7. The quantitative estimate of drug-likeness (QED) is 0.756. The molecule has 112 valence electrons. The highest BCUT2D eigenvalue weighted by molar-refractivity contribution is 4.89. The first-order chi connectivity index (χ1) is 8.99. The summed E-state index contributed by atoms with van der Waals surface area (Å²) >= 11 is 0. The van der Waals surface area contributed by atoms with Gasteiger partial charge in [0.2, 0.25) is 0 Å². The summed E-state index contributed by atoms with van der Waals surface area (Å²) in [6.45, 7) is 14.7. The third-order valence-corrected chi connectivity index (χ3v) is 5.77. The van der Waals surface area contributed by atoms with Crippen molar-refractivity contribution in [1.82, 2.24) is 10.2 Å². The van der Waals surface area contributed by atoms with Crippen LogP contribution in [0.5, 0.6) is 0 Å². The molecule has 2 aliphatic rings. The van der Waals surface area contributed by atoms with Gasteiger partial charge in [0.25, 0.3) is 0 Å². The van der Waals surface area contributed by atoms with E-state index in [1.165, 1.54) is 64.7 Å². The van der Waals surface area contributed by atoms with Gasteiger partial charge in [-0.15, -0.1) is 0 Å². The predicted octanol–water partition coefficient (Wildman–Crippen LogP) is 3.67. The van der Waals surface area contributed by atoms with Crippen molar-refractivity contribution in [3.63, 3.8) is 0 Å². The Morgan fingerprint density at radius 2 is 1.84 bits per heavy atom. The molecule has 1 saturated heterocycles. The van der Waals surface area contributed by atoms with E-state index < -0.39 is 0 Å². The molecule has 0 aromatic carbocycles. The molecule has 19 heavy (non-hydrogen) atoms. The molecule has 2 rings (SSSR count). The normalized spacial score (nSPS) is 27.2. The Hall–Kier alpha value is -0.0800. The van der Waals surface area contributed by atoms with Crippen LogP contribution in [0.15, 0.2) is 0 Å². The lowest BCUT2D eigenvalue weighted by Gasteiger charge is -2.42. The van der Waals surface area contributed by atoms with E-state index in [2.05, 4.69) is 37.9 Å². The van der Waals surface area contributed by atoms with Crippen LogP contribution in [0.3, 0.4) is 0 Å². The first kappa shape index (κ1) is 15.3. The van der Waals surface area contributed by atoms with Crippen LogP contribution in [0.2, 0.25) is 0 Å². The van der Waals surface area contributed by atoms with Crippen molar-refractivity contribution in [2.24, 2.45) is 10.8 Å². The largest absolute Gasteiger partial charge is 0.313 e. The highest BCUT2D eigenvalue weighted by Crippen LogP contribution is 2.35. The lowest BCUT2D eigenvalue weighted by Crippen LogP contribution is -2.46. The van der Waals surface area contributed by atoms with Crippen molar-refractivity contribution in [2.75, 3.05) is 26.2 Å². The van der Waals surface area contributed by atoms with Crippen LogP contribution < -0.4 is 5.32 Å². The van der Waals surface area contributed by atoms with Crippen molar-refractivity contribution < 1.29 is 0 Å². The van der Waals surface area contributed by atoms with E-state index in [0.717, 1.165) is 6.04 Å². The SMILES string of the molecule is CCC1(C)CCN(CC(C)(CC)CNC2CC2)CC1. The number of piperidine rings is 1. The number of nitrogens with zero attached hydrogens (tertiary/aromatic N) is 1. The van der Waals surface area contributed by atoms with Crippen LogP contribution in [0.4, 0.5) is 0 Å². The molecule has 1 heterocycles. The molecule has 0 spiro atoms. The monoisotopic (exact) mass is 266 g/mol. The maximum absolute atomic E-state index is 3.74. The van der Waals surface area contributed by atoms with Gasteiger partial charge in [0, 0.05) is 19.1 Å². The fourth-order valence-electron chi connectivity index (χ4n) is 3.12. The minimum absolute atomic E-state index is 0.461. The van der Waals surface area contributed by atoms with Gasteiger partial charge in [-0.2, -0.15) is 0 Å². The topological polar surface area (TPSA) is 15.3 Å². The maximum atomic E-state index is 3.74. The van der Waals surface area contributed by atoms with Gasteiger partial charge in [0.05, 0.1) is 0 Å². The Morgan fingerprint density at radius 1 is 1.21 bits per heavy atom. The van der Waals surface area contributed by atoms with Gasteiger partial charge in [0.15, 0.2) is 0 Å². The molecule has 1 atom stereocenters. The lowest BCUT2D eigenvalue weighted by atomic mass is 9.77. The summed E-state index contributed by atoms with van der Waals surface area (Å²) in [7, 11) is 0. The van der Waals surface area contributed by atoms with Crippen molar-refractivity contribution in [3.05, 3.63) is 0 Å². The first-order valence-electron chi connectivity index (χ1n) is 8.44. The summed E-state index contributed by atoms with van der Waals surface area (Å²) in [6, 6.07) is 0.843. The number of hydrogen-bond donors (Lipinski definition) is 1. The zero-order chi connectivity index (χ0) is 13.9. The molecule has 0 amide bonds. The van der Waals surface area contributed by atoms with E-state index in [1.54, 1.807) is 0 Å². The molecular weight excluding hydrogens is 232 g/mol. The Morgan fingerprint density at radius 3 is 2.32 bits per heavy atom. The number of nitrogens with one attached hydrogen (secondary N) is 1. The van der Waals surface area contributed by atoms with Crippen LogP contribution in [0.25, 0.3) is 0 Å². The molecule has 2 heteroatoms. The third-order valence-electron chi connectivity index (χ3n) is 5.77. The second-order valence-corrected chi connectivity index (χ2v) is 7.76. The van der Waals surface area contributed by atoms with E-state index in [9.17, 15) is 0 Å². The molecule has 1 aliphatic carbocycles. The minimum Gasteiger partial charge on any atom is -0.313 e. The molecule has 1 aliphatic heterocycles. The number of hydrogen-bond acceptors (Lipinski definition) is 2. The summed E-state index contributed by atoms with van der Waals surface area (Å²) < 4.78 is 0. The van der Waals surface area contributed by atoms with Gasteiger partial charge in [-0.1, -0.05) is 34.1 Å². The van der Waals surface area contributed by atoms with E-state index >= 15 is 0 Å². The van der Waals surface area contributed by atoms with Gasteiger partial charge < -0.3 is 10.2 Å². The molecule has 0 bridgehead atoms. The molecule has 1 unspecified atom stereocenters.